The summed E-state index contributed by atoms with van der Waals surface area (Å²) in [5.74, 6) is -0.494. The van der Waals surface area contributed by atoms with Gasteiger partial charge in [-0.15, -0.1) is 12.4 Å². The van der Waals surface area contributed by atoms with Crippen molar-refractivity contribution in [2.75, 3.05) is 0 Å². The number of hydrogen-bond acceptors (Lipinski definition) is 5. The molecule has 4 aromatic rings. The van der Waals surface area contributed by atoms with Gasteiger partial charge < -0.3 is 5.73 Å². The number of nitrogens with two attached hydrogens (primary N) is 1. The van der Waals surface area contributed by atoms with E-state index < -0.39 is 11.9 Å². The second kappa shape index (κ2) is 8.35. The molecule has 0 spiro atoms. The average Bonchev–Trinajstić information content (AvgIpc) is 3.12. The largest absolute Gasteiger partial charge is 0.322 e. The van der Waals surface area contributed by atoms with E-state index in [9.17, 15) is 4.39 Å². The minimum Gasteiger partial charge on any atom is -0.322 e. The molecule has 29 heavy (non-hydrogen) atoms. The number of fused-ring (bicyclic) bond motifs is 1. The van der Waals surface area contributed by atoms with Gasteiger partial charge in [0.2, 0.25) is 0 Å². The number of aromatic nitrogens is 4. The zero-order valence-electron chi connectivity index (χ0n) is 15.6. The van der Waals surface area contributed by atoms with Gasteiger partial charge in [-0.2, -0.15) is 10.4 Å². The maximum atomic E-state index is 14.1. The van der Waals surface area contributed by atoms with Crippen molar-refractivity contribution in [2.45, 2.75) is 19.4 Å². The van der Waals surface area contributed by atoms with Gasteiger partial charge in [-0.25, -0.2) is 14.1 Å². The van der Waals surface area contributed by atoms with Gasteiger partial charge in [0.25, 0.3) is 0 Å². The number of hydrogen-bond donors (Lipinski definition) is 1. The van der Waals surface area contributed by atoms with Gasteiger partial charge in [0, 0.05) is 18.0 Å². The predicted molar refractivity (Wildman–Crippen MR) is 110 cm³/mol. The minimum atomic E-state index is -0.614. The SMILES string of the molecule is Cc1ccc2c(cnn2-c2cccnc2[C@@H](N)Cc2nc(C#N)ccc2F)c1.Cl. The highest BCUT2D eigenvalue weighted by molar-refractivity contribution is 5.85. The molecule has 0 fully saturated rings. The monoisotopic (exact) mass is 408 g/mol. The fourth-order valence-electron chi connectivity index (χ4n) is 3.21. The molecule has 0 amide bonds. The van der Waals surface area contributed by atoms with Gasteiger partial charge >= 0.3 is 0 Å². The summed E-state index contributed by atoms with van der Waals surface area (Å²) < 4.78 is 15.9. The summed E-state index contributed by atoms with van der Waals surface area (Å²) in [6.07, 6.45) is 3.55. The van der Waals surface area contributed by atoms with E-state index >= 15 is 0 Å². The zero-order valence-corrected chi connectivity index (χ0v) is 16.4. The third kappa shape index (κ3) is 3.94. The van der Waals surface area contributed by atoms with Crippen molar-refractivity contribution < 1.29 is 4.39 Å². The average molecular weight is 409 g/mol. The summed E-state index contributed by atoms with van der Waals surface area (Å²) in [6.45, 7) is 2.03. The Hall–Kier alpha value is -3.34. The third-order valence-corrected chi connectivity index (χ3v) is 4.57. The lowest BCUT2D eigenvalue weighted by Gasteiger charge is -2.16. The Balaban J connectivity index is 0.00000240. The molecule has 3 aromatic heterocycles. The number of nitriles is 1. The molecule has 3 heterocycles. The van der Waals surface area contributed by atoms with Crippen molar-refractivity contribution >= 4 is 23.3 Å². The molecule has 0 aliphatic carbocycles. The lowest BCUT2D eigenvalue weighted by Crippen LogP contribution is -2.19. The fraction of sp³-hybridized carbons (Fsp3) is 0.143. The van der Waals surface area contributed by atoms with Gasteiger partial charge in [-0.1, -0.05) is 11.6 Å². The number of halogens is 2. The second-order valence-corrected chi connectivity index (χ2v) is 6.57. The Morgan fingerprint density at radius 3 is 2.86 bits per heavy atom. The van der Waals surface area contributed by atoms with Crippen molar-refractivity contribution in [2.24, 2.45) is 5.73 Å². The Bertz CT molecular complexity index is 1210. The van der Waals surface area contributed by atoms with E-state index in [4.69, 9.17) is 11.0 Å². The normalized spacial score (nSPS) is 11.7. The summed E-state index contributed by atoms with van der Waals surface area (Å²) in [4.78, 5) is 8.47. The van der Waals surface area contributed by atoms with E-state index in [2.05, 4.69) is 21.1 Å². The van der Waals surface area contributed by atoms with Crippen LogP contribution in [0.5, 0.6) is 0 Å². The molecule has 6 nitrogen and oxygen atoms in total. The first kappa shape index (κ1) is 20.4. The zero-order chi connectivity index (χ0) is 19.7. The van der Waals surface area contributed by atoms with Crippen molar-refractivity contribution in [1.82, 2.24) is 19.7 Å². The molecule has 0 aliphatic rings. The molecule has 4 rings (SSSR count). The van der Waals surface area contributed by atoms with Gasteiger partial charge in [0.05, 0.1) is 34.8 Å². The van der Waals surface area contributed by atoms with Gasteiger partial charge in [-0.05, 0) is 43.3 Å². The molecule has 1 aromatic carbocycles. The molecule has 0 bridgehead atoms. The Labute approximate surface area is 173 Å². The summed E-state index contributed by atoms with van der Waals surface area (Å²) in [5.41, 5.74) is 10.1. The Kier molecular flexibility index (Phi) is 5.87. The topological polar surface area (TPSA) is 93.4 Å². The second-order valence-electron chi connectivity index (χ2n) is 6.57. The van der Waals surface area contributed by atoms with Crippen molar-refractivity contribution in [3.05, 3.63) is 83.3 Å². The van der Waals surface area contributed by atoms with Crippen LogP contribution in [0.4, 0.5) is 4.39 Å². The molecular weight excluding hydrogens is 391 g/mol. The molecule has 0 aliphatic heterocycles. The van der Waals surface area contributed by atoms with Crippen LogP contribution >= 0.6 is 12.4 Å². The lowest BCUT2D eigenvalue weighted by atomic mass is 10.1. The lowest BCUT2D eigenvalue weighted by molar-refractivity contribution is 0.574. The number of benzene rings is 1. The Morgan fingerprint density at radius 2 is 2.07 bits per heavy atom. The van der Waals surface area contributed by atoms with E-state index in [0.29, 0.717) is 5.69 Å². The highest BCUT2D eigenvalue weighted by Crippen LogP contribution is 2.25. The molecule has 0 saturated carbocycles. The maximum Gasteiger partial charge on any atom is 0.144 e. The minimum absolute atomic E-state index is 0. The van der Waals surface area contributed by atoms with Crippen LogP contribution in [0.2, 0.25) is 0 Å². The molecule has 146 valence electrons. The summed E-state index contributed by atoms with van der Waals surface area (Å²) >= 11 is 0. The fourth-order valence-corrected chi connectivity index (χ4v) is 3.21. The quantitative estimate of drug-likeness (QED) is 0.554. The summed E-state index contributed by atoms with van der Waals surface area (Å²) in [6, 6.07) is 13.6. The van der Waals surface area contributed by atoms with Crippen LogP contribution in [0.3, 0.4) is 0 Å². The molecule has 0 radical (unpaired) electrons. The third-order valence-electron chi connectivity index (χ3n) is 4.57. The number of aryl methyl sites for hydroxylation is 1. The van der Waals surface area contributed by atoms with Crippen LogP contribution in [0, 0.1) is 24.1 Å². The van der Waals surface area contributed by atoms with Crippen LogP contribution < -0.4 is 5.73 Å². The van der Waals surface area contributed by atoms with Gasteiger partial charge in [0.1, 0.15) is 17.6 Å². The molecule has 1 atom stereocenters. The van der Waals surface area contributed by atoms with E-state index in [-0.39, 0.29) is 30.2 Å². The van der Waals surface area contributed by atoms with E-state index in [1.807, 2.05) is 37.3 Å². The van der Waals surface area contributed by atoms with Gasteiger partial charge in [-0.3, -0.25) is 4.98 Å². The number of pyridine rings is 2. The summed E-state index contributed by atoms with van der Waals surface area (Å²) in [5, 5.41) is 14.5. The van der Waals surface area contributed by atoms with Crippen LogP contribution in [-0.4, -0.2) is 19.7 Å². The Morgan fingerprint density at radius 1 is 1.24 bits per heavy atom. The molecular formula is C21H18ClFN6. The smallest absolute Gasteiger partial charge is 0.144 e. The van der Waals surface area contributed by atoms with E-state index in [0.717, 1.165) is 22.2 Å². The molecule has 0 unspecified atom stereocenters. The highest BCUT2D eigenvalue weighted by atomic mass is 35.5. The molecule has 2 N–H and O–H groups in total. The number of rotatable bonds is 4. The molecule has 0 saturated heterocycles. The van der Waals surface area contributed by atoms with Crippen LogP contribution in [-0.2, 0) is 6.42 Å². The number of nitrogens with zero attached hydrogens (tertiary/aromatic N) is 5. The standard InChI is InChI=1S/C21H17FN6.ClH/c1-13-4-7-19-14(9-13)12-26-28(19)20-3-2-8-25-21(20)17(24)10-18-16(22)6-5-15(11-23)27-18;/h2-9,12,17H,10,24H2,1H3;1H/t17-;/m0./s1. The van der Waals surface area contributed by atoms with Crippen LogP contribution in [0.15, 0.2) is 54.9 Å². The predicted octanol–water partition coefficient (Wildman–Crippen LogP) is 3.80. The first-order valence-electron chi connectivity index (χ1n) is 8.77. The molecule has 8 heteroatoms. The summed E-state index contributed by atoms with van der Waals surface area (Å²) in [7, 11) is 0. The van der Waals surface area contributed by atoms with E-state index in [1.165, 1.54) is 12.1 Å². The van der Waals surface area contributed by atoms with Crippen molar-refractivity contribution in [3.8, 4) is 11.8 Å². The first-order chi connectivity index (χ1) is 13.6. The van der Waals surface area contributed by atoms with Crippen LogP contribution in [0.25, 0.3) is 16.6 Å². The van der Waals surface area contributed by atoms with Crippen LogP contribution in [0.1, 0.15) is 28.7 Å². The first-order valence-corrected chi connectivity index (χ1v) is 8.77. The highest BCUT2D eigenvalue weighted by Gasteiger charge is 2.19. The van der Waals surface area contributed by atoms with E-state index in [1.54, 1.807) is 17.1 Å². The van der Waals surface area contributed by atoms with Crippen molar-refractivity contribution in [1.29, 1.82) is 5.26 Å². The van der Waals surface area contributed by atoms with Crippen molar-refractivity contribution in [3.63, 3.8) is 0 Å². The maximum absolute atomic E-state index is 14.1. The van der Waals surface area contributed by atoms with Gasteiger partial charge in [0.15, 0.2) is 0 Å².